The van der Waals surface area contributed by atoms with E-state index in [1.807, 2.05) is 24.3 Å². The molecule has 1 aromatic heterocycles. The van der Waals surface area contributed by atoms with Crippen LogP contribution >= 0.6 is 0 Å². The summed E-state index contributed by atoms with van der Waals surface area (Å²) >= 11 is 0. The van der Waals surface area contributed by atoms with Gasteiger partial charge in [-0.15, -0.1) is 0 Å². The molecule has 1 aliphatic heterocycles. The number of amides is 1. The average molecular weight is 327 g/mol. The molecule has 2 aromatic rings. The minimum atomic E-state index is -0.0643. The molecule has 1 amide bonds. The van der Waals surface area contributed by atoms with Gasteiger partial charge < -0.3 is 15.0 Å². The molecule has 1 fully saturated rings. The van der Waals surface area contributed by atoms with Crippen molar-refractivity contribution in [1.82, 2.24) is 15.2 Å². The molecule has 0 radical (unpaired) electrons. The molecule has 0 atom stereocenters. The first kappa shape index (κ1) is 16.7. The Morgan fingerprint density at radius 2 is 2.04 bits per heavy atom. The van der Waals surface area contributed by atoms with E-state index in [0.29, 0.717) is 18.0 Å². The van der Waals surface area contributed by atoms with Gasteiger partial charge in [-0.25, -0.2) is 4.98 Å². The predicted molar refractivity (Wildman–Crippen MR) is 95.5 cm³/mol. The van der Waals surface area contributed by atoms with Gasteiger partial charge in [0.05, 0.1) is 18.2 Å². The van der Waals surface area contributed by atoms with Crippen LogP contribution in [-0.4, -0.2) is 49.1 Å². The average Bonchev–Trinajstić information content (AvgIpc) is 2.65. The summed E-state index contributed by atoms with van der Waals surface area (Å²) in [5.41, 5.74) is 1.39. The highest BCUT2D eigenvalue weighted by Gasteiger charge is 2.13. The summed E-state index contributed by atoms with van der Waals surface area (Å²) < 4.78 is 5.22. The number of methoxy groups -OCH3 is 1. The molecule has 1 aromatic carbocycles. The van der Waals surface area contributed by atoms with Crippen LogP contribution in [0.15, 0.2) is 30.3 Å². The van der Waals surface area contributed by atoms with Crippen LogP contribution in [0.3, 0.4) is 0 Å². The lowest BCUT2D eigenvalue weighted by atomic mass is 10.1. The zero-order valence-corrected chi connectivity index (χ0v) is 14.3. The second kappa shape index (κ2) is 8.11. The second-order valence-corrected chi connectivity index (χ2v) is 6.24. The molecule has 0 bridgehead atoms. The molecule has 5 heteroatoms. The number of rotatable bonds is 6. The quantitative estimate of drug-likeness (QED) is 0.829. The first-order valence-corrected chi connectivity index (χ1v) is 8.72. The first-order chi connectivity index (χ1) is 11.8. The Balaban J connectivity index is 1.61. The van der Waals surface area contributed by atoms with Crippen LogP contribution in [0.25, 0.3) is 10.9 Å². The molecule has 3 rings (SSSR count). The van der Waals surface area contributed by atoms with Gasteiger partial charge in [0.1, 0.15) is 0 Å². The number of pyridine rings is 1. The first-order valence-electron chi connectivity index (χ1n) is 8.72. The summed E-state index contributed by atoms with van der Waals surface area (Å²) in [7, 11) is 1.57. The molecule has 1 saturated heterocycles. The van der Waals surface area contributed by atoms with E-state index in [0.717, 1.165) is 23.9 Å². The number of hydrogen-bond donors (Lipinski definition) is 1. The minimum Gasteiger partial charge on any atom is -0.481 e. The number of fused-ring (bicyclic) bond motifs is 1. The summed E-state index contributed by atoms with van der Waals surface area (Å²) in [5.74, 6) is 0.401. The zero-order valence-electron chi connectivity index (χ0n) is 14.3. The number of aromatic nitrogens is 1. The fraction of sp³-hybridized carbons (Fsp3) is 0.474. The fourth-order valence-electron chi connectivity index (χ4n) is 3.23. The number of nitrogens with zero attached hydrogens (tertiary/aromatic N) is 2. The number of likely N-dealkylation sites (tertiary alicyclic amines) is 1. The standard InChI is InChI=1S/C19H25N3O2/c1-24-18-14-16(15-8-3-4-9-17(15)21-18)19(23)20-10-7-13-22-11-5-2-6-12-22/h3-4,8-9,14H,2,5-7,10-13H2,1H3,(H,20,23). The third-order valence-electron chi connectivity index (χ3n) is 4.53. The summed E-state index contributed by atoms with van der Waals surface area (Å²) in [6.45, 7) is 4.13. The van der Waals surface area contributed by atoms with Gasteiger partial charge in [-0.2, -0.15) is 0 Å². The van der Waals surface area contributed by atoms with Crippen molar-refractivity contribution in [2.75, 3.05) is 33.3 Å². The van der Waals surface area contributed by atoms with Crippen LogP contribution in [0, 0.1) is 0 Å². The number of ether oxygens (including phenoxy) is 1. The Labute approximate surface area is 143 Å². The Hall–Kier alpha value is -2.14. The van der Waals surface area contributed by atoms with E-state index < -0.39 is 0 Å². The normalized spacial score (nSPS) is 15.4. The molecular weight excluding hydrogens is 302 g/mol. The maximum atomic E-state index is 12.6. The highest BCUT2D eigenvalue weighted by molar-refractivity contribution is 6.06. The van der Waals surface area contributed by atoms with E-state index in [1.165, 1.54) is 32.4 Å². The lowest BCUT2D eigenvalue weighted by Crippen LogP contribution is -2.33. The number of para-hydroxylation sites is 1. The zero-order chi connectivity index (χ0) is 16.8. The monoisotopic (exact) mass is 327 g/mol. The maximum Gasteiger partial charge on any atom is 0.252 e. The van der Waals surface area contributed by atoms with Crippen LogP contribution in [0.5, 0.6) is 5.88 Å². The van der Waals surface area contributed by atoms with E-state index in [-0.39, 0.29) is 5.91 Å². The molecule has 5 nitrogen and oxygen atoms in total. The van der Waals surface area contributed by atoms with E-state index in [9.17, 15) is 4.79 Å². The lowest BCUT2D eigenvalue weighted by molar-refractivity contribution is 0.0952. The van der Waals surface area contributed by atoms with Crippen molar-refractivity contribution in [2.45, 2.75) is 25.7 Å². The number of hydrogen-bond acceptors (Lipinski definition) is 4. The Morgan fingerprint density at radius 1 is 1.25 bits per heavy atom. The molecule has 2 heterocycles. The maximum absolute atomic E-state index is 12.6. The molecular formula is C19H25N3O2. The van der Waals surface area contributed by atoms with E-state index in [2.05, 4.69) is 15.2 Å². The second-order valence-electron chi connectivity index (χ2n) is 6.24. The van der Waals surface area contributed by atoms with Crippen LogP contribution < -0.4 is 10.1 Å². The van der Waals surface area contributed by atoms with Gasteiger partial charge in [-0.05, 0) is 45.0 Å². The molecule has 1 aliphatic rings. The molecule has 128 valence electrons. The topological polar surface area (TPSA) is 54.5 Å². The molecule has 0 unspecified atom stereocenters. The van der Waals surface area contributed by atoms with Crippen molar-refractivity contribution in [1.29, 1.82) is 0 Å². The minimum absolute atomic E-state index is 0.0643. The number of carbonyl (C=O) groups is 1. The van der Waals surface area contributed by atoms with Gasteiger partial charge in [0.2, 0.25) is 5.88 Å². The van der Waals surface area contributed by atoms with Crippen molar-refractivity contribution in [3.05, 3.63) is 35.9 Å². The van der Waals surface area contributed by atoms with Crippen molar-refractivity contribution in [3.63, 3.8) is 0 Å². The van der Waals surface area contributed by atoms with Crippen LogP contribution in [0.4, 0.5) is 0 Å². The molecule has 0 saturated carbocycles. The van der Waals surface area contributed by atoms with Crippen molar-refractivity contribution in [2.24, 2.45) is 0 Å². The highest BCUT2D eigenvalue weighted by atomic mass is 16.5. The van der Waals surface area contributed by atoms with Gasteiger partial charge in [-0.3, -0.25) is 4.79 Å². The summed E-state index contributed by atoms with van der Waals surface area (Å²) in [4.78, 5) is 19.4. The van der Waals surface area contributed by atoms with Gasteiger partial charge in [-0.1, -0.05) is 24.6 Å². The number of benzene rings is 1. The highest BCUT2D eigenvalue weighted by Crippen LogP contribution is 2.21. The molecule has 0 aliphatic carbocycles. The van der Waals surface area contributed by atoms with Gasteiger partial charge in [0.25, 0.3) is 5.91 Å². The predicted octanol–water partition coefficient (Wildman–Crippen LogP) is 2.85. The van der Waals surface area contributed by atoms with Crippen molar-refractivity contribution < 1.29 is 9.53 Å². The van der Waals surface area contributed by atoms with E-state index in [1.54, 1.807) is 13.2 Å². The number of carbonyl (C=O) groups excluding carboxylic acids is 1. The molecule has 1 N–H and O–H groups in total. The third kappa shape index (κ3) is 4.03. The van der Waals surface area contributed by atoms with Crippen LogP contribution in [0.1, 0.15) is 36.0 Å². The van der Waals surface area contributed by atoms with Crippen LogP contribution in [0.2, 0.25) is 0 Å². The Morgan fingerprint density at radius 3 is 2.83 bits per heavy atom. The lowest BCUT2D eigenvalue weighted by Gasteiger charge is -2.26. The summed E-state index contributed by atoms with van der Waals surface area (Å²) in [6.07, 6.45) is 4.93. The Bertz CT molecular complexity index is 696. The summed E-state index contributed by atoms with van der Waals surface area (Å²) in [5, 5.41) is 3.89. The van der Waals surface area contributed by atoms with Gasteiger partial charge >= 0.3 is 0 Å². The van der Waals surface area contributed by atoms with E-state index in [4.69, 9.17) is 4.74 Å². The smallest absolute Gasteiger partial charge is 0.252 e. The fourth-order valence-corrected chi connectivity index (χ4v) is 3.23. The molecule has 0 spiro atoms. The number of nitrogens with one attached hydrogen (secondary N) is 1. The largest absolute Gasteiger partial charge is 0.481 e. The van der Waals surface area contributed by atoms with Crippen molar-refractivity contribution in [3.8, 4) is 5.88 Å². The number of piperidine rings is 1. The van der Waals surface area contributed by atoms with Gasteiger partial charge in [0, 0.05) is 18.0 Å². The van der Waals surface area contributed by atoms with Gasteiger partial charge in [0.15, 0.2) is 0 Å². The SMILES string of the molecule is COc1cc(C(=O)NCCCN2CCCCC2)c2ccccc2n1. The van der Waals surface area contributed by atoms with Crippen molar-refractivity contribution >= 4 is 16.8 Å². The molecule has 24 heavy (non-hydrogen) atoms. The Kier molecular flexibility index (Phi) is 5.64. The summed E-state index contributed by atoms with van der Waals surface area (Å²) in [6, 6.07) is 9.36. The van der Waals surface area contributed by atoms with E-state index >= 15 is 0 Å². The third-order valence-corrected chi connectivity index (χ3v) is 4.53. The van der Waals surface area contributed by atoms with Crippen LogP contribution in [-0.2, 0) is 0 Å².